The Balaban J connectivity index is 0.00000210. The number of hydrogen-bond acceptors (Lipinski definition) is 5. The number of carbonyl (C=O) groups is 1. The van der Waals surface area contributed by atoms with Gasteiger partial charge in [-0.2, -0.15) is 0 Å². The van der Waals surface area contributed by atoms with Gasteiger partial charge in [0.1, 0.15) is 4.88 Å². The first-order chi connectivity index (χ1) is 12.7. The molecule has 0 spiro atoms. The van der Waals surface area contributed by atoms with E-state index in [9.17, 15) is 4.79 Å². The predicted molar refractivity (Wildman–Crippen MR) is 118 cm³/mol. The maximum atomic E-state index is 13.2. The summed E-state index contributed by atoms with van der Waals surface area (Å²) in [5.74, 6) is 0.00774. The molecule has 1 fully saturated rings. The van der Waals surface area contributed by atoms with Crippen LogP contribution < -0.4 is 4.90 Å². The van der Waals surface area contributed by atoms with Crippen molar-refractivity contribution in [2.75, 3.05) is 31.2 Å². The summed E-state index contributed by atoms with van der Waals surface area (Å²) >= 11 is 4.88. The van der Waals surface area contributed by atoms with Crippen LogP contribution in [0.3, 0.4) is 0 Å². The fourth-order valence-electron chi connectivity index (χ4n) is 2.88. The van der Waals surface area contributed by atoms with Crippen LogP contribution in [0, 0.1) is 0 Å². The molecule has 7 heteroatoms. The minimum absolute atomic E-state index is 0. The van der Waals surface area contributed by atoms with Crippen LogP contribution in [0.1, 0.15) is 15.2 Å². The molecule has 2 aromatic carbocycles. The van der Waals surface area contributed by atoms with Crippen LogP contribution >= 0.6 is 44.2 Å². The highest BCUT2D eigenvalue weighted by Gasteiger charge is 2.24. The van der Waals surface area contributed by atoms with Gasteiger partial charge < -0.3 is 9.64 Å². The maximum Gasteiger partial charge on any atom is 0.205 e. The zero-order chi connectivity index (χ0) is 17.9. The average Bonchev–Trinajstić information content (AvgIpc) is 3.15. The van der Waals surface area contributed by atoms with Gasteiger partial charge in [-0.05, 0) is 24.3 Å². The summed E-state index contributed by atoms with van der Waals surface area (Å²) in [6, 6.07) is 17.4. The summed E-state index contributed by atoms with van der Waals surface area (Å²) in [4.78, 5) is 20.9. The molecule has 0 saturated carbocycles. The van der Waals surface area contributed by atoms with E-state index < -0.39 is 0 Å². The monoisotopic (exact) mass is 508 g/mol. The normalized spacial score (nSPS) is 13.9. The molecule has 1 saturated heterocycles. The Morgan fingerprint density at radius 3 is 2.37 bits per heavy atom. The molecule has 1 aliphatic rings. The van der Waals surface area contributed by atoms with E-state index in [4.69, 9.17) is 9.72 Å². The van der Waals surface area contributed by atoms with Gasteiger partial charge in [0, 0.05) is 28.7 Å². The first kappa shape index (κ1) is 20.2. The number of ether oxygens (including phenoxy) is 1. The van der Waals surface area contributed by atoms with Crippen molar-refractivity contribution in [2.24, 2.45) is 0 Å². The van der Waals surface area contributed by atoms with Crippen molar-refractivity contribution in [1.82, 2.24) is 4.98 Å². The highest BCUT2D eigenvalue weighted by atomic mass is 79.9. The molecule has 27 heavy (non-hydrogen) atoms. The molecule has 4 nitrogen and oxygen atoms in total. The summed E-state index contributed by atoms with van der Waals surface area (Å²) in [6.07, 6.45) is 0. The van der Waals surface area contributed by atoms with Crippen molar-refractivity contribution < 1.29 is 9.53 Å². The summed E-state index contributed by atoms with van der Waals surface area (Å²) < 4.78 is 6.39. The van der Waals surface area contributed by atoms with Crippen LogP contribution in [-0.4, -0.2) is 37.1 Å². The average molecular weight is 510 g/mol. The molecule has 1 aromatic heterocycles. The first-order valence-corrected chi connectivity index (χ1v) is 10.0. The third-order valence-electron chi connectivity index (χ3n) is 4.26. The molecule has 2 heterocycles. The van der Waals surface area contributed by atoms with Gasteiger partial charge in [-0.25, -0.2) is 4.98 Å². The summed E-state index contributed by atoms with van der Waals surface area (Å²) in [5.41, 5.74) is 2.39. The van der Waals surface area contributed by atoms with E-state index in [0.717, 1.165) is 34.0 Å². The minimum Gasteiger partial charge on any atom is -0.378 e. The van der Waals surface area contributed by atoms with Crippen molar-refractivity contribution in [2.45, 2.75) is 0 Å². The van der Waals surface area contributed by atoms with E-state index in [1.807, 2.05) is 54.6 Å². The number of benzene rings is 2. The Kier molecular flexibility index (Phi) is 6.81. The summed E-state index contributed by atoms with van der Waals surface area (Å²) in [7, 11) is 0. The quantitative estimate of drug-likeness (QED) is 0.452. The van der Waals surface area contributed by atoms with Gasteiger partial charge in [-0.3, -0.25) is 4.79 Å². The SMILES string of the molecule is Br.O=C(c1ccc(Br)cc1)c1sc(N2CCOCC2)nc1-c1ccccc1. The van der Waals surface area contributed by atoms with Gasteiger partial charge >= 0.3 is 0 Å². The van der Waals surface area contributed by atoms with E-state index in [1.54, 1.807) is 0 Å². The lowest BCUT2D eigenvalue weighted by Crippen LogP contribution is -2.36. The van der Waals surface area contributed by atoms with E-state index >= 15 is 0 Å². The number of morpholine rings is 1. The molecule has 3 aromatic rings. The molecule has 4 rings (SSSR count). The first-order valence-electron chi connectivity index (χ1n) is 8.41. The van der Waals surface area contributed by atoms with Gasteiger partial charge in [0.25, 0.3) is 0 Å². The Bertz CT molecular complexity index is 907. The van der Waals surface area contributed by atoms with Gasteiger partial charge in [0.15, 0.2) is 5.13 Å². The number of halogens is 2. The van der Waals surface area contributed by atoms with E-state index in [1.165, 1.54) is 11.3 Å². The topological polar surface area (TPSA) is 42.4 Å². The predicted octanol–water partition coefficient (Wildman–Crippen LogP) is 5.22. The Labute approximate surface area is 181 Å². The molecule has 1 aliphatic heterocycles. The number of hydrogen-bond donors (Lipinski definition) is 0. The van der Waals surface area contributed by atoms with Crippen LogP contribution in [0.15, 0.2) is 59.1 Å². The zero-order valence-corrected chi connectivity index (χ0v) is 18.5. The number of rotatable bonds is 4. The molecule has 0 unspecified atom stereocenters. The number of carbonyl (C=O) groups excluding carboxylic acids is 1. The highest BCUT2D eigenvalue weighted by molar-refractivity contribution is 9.10. The molecule has 0 amide bonds. The second kappa shape index (κ2) is 9.10. The van der Waals surface area contributed by atoms with Crippen LogP contribution in [0.2, 0.25) is 0 Å². The number of thiazole rings is 1. The van der Waals surface area contributed by atoms with Crippen molar-refractivity contribution >= 4 is 55.2 Å². The Morgan fingerprint density at radius 2 is 1.70 bits per heavy atom. The summed E-state index contributed by atoms with van der Waals surface area (Å²) in [5, 5.41) is 0.882. The lowest BCUT2D eigenvalue weighted by molar-refractivity contribution is 0.104. The minimum atomic E-state index is 0. The lowest BCUT2D eigenvalue weighted by Gasteiger charge is -2.26. The highest BCUT2D eigenvalue weighted by Crippen LogP contribution is 2.35. The van der Waals surface area contributed by atoms with Crippen LogP contribution in [0.5, 0.6) is 0 Å². The standard InChI is InChI=1S/C20H17BrN2O2S.BrH/c21-16-8-6-15(7-9-16)18(24)19-17(14-4-2-1-3-5-14)22-20(26-19)23-10-12-25-13-11-23;/h1-9H,10-13H2;1H. The van der Waals surface area contributed by atoms with Gasteiger partial charge in [0.05, 0.1) is 18.9 Å². The largest absolute Gasteiger partial charge is 0.378 e. The van der Waals surface area contributed by atoms with Gasteiger partial charge in [0.2, 0.25) is 5.78 Å². The fourth-order valence-corrected chi connectivity index (χ4v) is 4.24. The number of ketones is 1. The van der Waals surface area contributed by atoms with Crippen LogP contribution in [0.25, 0.3) is 11.3 Å². The van der Waals surface area contributed by atoms with Gasteiger partial charge in [-0.15, -0.1) is 17.0 Å². The zero-order valence-electron chi connectivity index (χ0n) is 14.4. The van der Waals surface area contributed by atoms with Gasteiger partial charge in [-0.1, -0.05) is 57.6 Å². The molecule has 0 atom stereocenters. The lowest BCUT2D eigenvalue weighted by atomic mass is 10.1. The van der Waals surface area contributed by atoms with Crippen molar-refractivity contribution in [3.05, 3.63) is 69.5 Å². The molecule has 140 valence electrons. The molecule has 0 N–H and O–H groups in total. The second-order valence-corrected chi connectivity index (χ2v) is 7.87. The molecular weight excluding hydrogens is 492 g/mol. The van der Waals surface area contributed by atoms with Crippen LogP contribution in [0.4, 0.5) is 5.13 Å². The van der Waals surface area contributed by atoms with E-state index in [0.29, 0.717) is 23.7 Å². The van der Waals surface area contributed by atoms with Crippen molar-refractivity contribution in [3.63, 3.8) is 0 Å². The third kappa shape index (κ3) is 4.48. The maximum absolute atomic E-state index is 13.2. The van der Waals surface area contributed by atoms with Crippen LogP contribution in [-0.2, 0) is 4.74 Å². The van der Waals surface area contributed by atoms with E-state index in [-0.39, 0.29) is 22.8 Å². The molecular formula is C20H18Br2N2O2S. The second-order valence-electron chi connectivity index (χ2n) is 5.98. The van der Waals surface area contributed by atoms with Crippen molar-refractivity contribution in [3.8, 4) is 11.3 Å². The molecule has 0 aliphatic carbocycles. The third-order valence-corrected chi connectivity index (χ3v) is 5.90. The Hall–Kier alpha value is -1.54. The summed E-state index contributed by atoms with van der Waals surface area (Å²) in [6.45, 7) is 2.98. The smallest absolute Gasteiger partial charge is 0.205 e. The van der Waals surface area contributed by atoms with E-state index in [2.05, 4.69) is 20.8 Å². The number of aromatic nitrogens is 1. The molecule has 0 radical (unpaired) electrons. The number of anilines is 1. The number of nitrogens with zero attached hydrogens (tertiary/aromatic N) is 2. The molecule has 0 bridgehead atoms. The Morgan fingerprint density at radius 1 is 1.04 bits per heavy atom. The fraction of sp³-hybridized carbons (Fsp3) is 0.200. The van der Waals surface area contributed by atoms with Crippen molar-refractivity contribution in [1.29, 1.82) is 0 Å².